The number of nitrogens with zero attached hydrogens (tertiary/aromatic N) is 6. The van der Waals surface area contributed by atoms with Crippen molar-refractivity contribution >= 4 is 17.3 Å². The number of rotatable bonds is 4. The third-order valence-electron chi connectivity index (χ3n) is 1.87. The first kappa shape index (κ1) is 11.5. The van der Waals surface area contributed by atoms with Crippen LogP contribution in [0, 0.1) is 0 Å². The smallest absolute Gasteiger partial charge is 0.180 e. The molecule has 0 aliphatic heterocycles. The normalized spacial score (nSPS) is 9.40. The predicted molar refractivity (Wildman–Crippen MR) is 61.5 cm³/mol. The summed E-state index contributed by atoms with van der Waals surface area (Å²) in [6.45, 7) is 1.25. The van der Waals surface area contributed by atoms with E-state index in [-0.39, 0.29) is 0 Å². The molecule has 0 aromatic carbocycles. The molecule has 1 rings (SSSR count). The van der Waals surface area contributed by atoms with Crippen molar-refractivity contribution in [3.8, 4) is 0 Å². The van der Waals surface area contributed by atoms with Gasteiger partial charge in [0.15, 0.2) is 5.11 Å². The lowest BCUT2D eigenvalue weighted by molar-refractivity contribution is 0.486. The number of hydrogen-bond donors (Lipinski definition) is 0. The fourth-order valence-corrected chi connectivity index (χ4v) is 1.29. The summed E-state index contributed by atoms with van der Waals surface area (Å²) in [4.78, 5) is 8.52. The second-order valence-electron chi connectivity index (χ2n) is 2.98. The maximum absolute atomic E-state index is 8.10. The van der Waals surface area contributed by atoms with Crippen molar-refractivity contribution in [2.45, 2.75) is 6.42 Å². The Bertz CT molecular complexity index is 353. The van der Waals surface area contributed by atoms with Crippen molar-refractivity contribution in [2.75, 3.05) is 20.1 Å². The lowest BCUT2D eigenvalue weighted by Gasteiger charge is -2.19. The molecule has 1 aromatic heterocycles. The summed E-state index contributed by atoms with van der Waals surface area (Å²) in [6, 6.07) is 0. The first-order valence-electron chi connectivity index (χ1n) is 4.50. The van der Waals surface area contributed by atoms with Crippen LogP contribution in [0.25, 0.3) is 10.4 Å². The van der Waals surface area contributed by atoms with Gasteiger partial charge in [0.25, 0.3) is 0 Å². The molecule has 80 valence electrons. The van der Waals surface area contributed by atoms with Crippen molar-refractivity contribution in [3.63, 3.8) is 0 Å². The highest BCUT2D eigenvalue weighted by Gasteiger charge is 2.04. The Balaban J connectivity index is 2.37. The van der Waals surface area contributed by atoms with Crippen LogP contribution in [0.2, 0.25) is 0 Å². The van der Waals surface area contributed by atoms with E-state index in [1.807, 2.05) is 11.9 Å². The Morgan fingerprint density at radius 1 is 1.73 bits per heavy atom. The molecule has 1 heterocycles. The zero-order valence-electron chi connectivity index (χ0n) is 8.44. The highest BCUT2D eigenvalue weighted by Crippen LogP contribution is 1.96. The molecule has 0 radical (unpaired) electrons. The highest BCUT2D eigenvalue weighted by molar-refractivity contribution is 7.80. The SMILES string of the molecule is CN(CCCN=[N+]=[N-])C(=S)n1ccnc1. The quantitative estimate of drug-likeness (QED) is 0.257. The topological polar surface area (TPSA) is 69.8 Å². The van der Waals surface area contributed by atoms with Gasteiger partial charge in [0.1, 0.15) is 6.33 Å². The van der Waals surface area contributed by atoms with Crippen LogP contribution in [0.4, 0.5) is 0 Å². The summed E-state index contributed by atoms with van der Waals surface area (Å²) in [5, 5.41) is 4.15. The number of aromatic nitrogens is 2. The van der Waals surface area contributed by atoms with E-state index in [4.69, 9.17) is 17.7 Å². The molecule has 0 fully saturated rings. The standard InChI is InChI=1S/C8H12N6S/c1-13(5-2-3-11-12-9)8(15)14-6-4-10-7-14/h4,6-7H,2-3,5H2,1H3. The Labute approximate surface area is 93.1 Å². The molecule has 0 aliphatic carbocycles. The molecule has 6 nitrogen and oxygen atoms in total. The van der Waals surface area contributed by atoms with E-state index >= 15 is 0 Å². The van der Waals surface area contributed by atoms with E-state index in [0.717, 1.165) is 13.0 Å². The highest BCUT2D eigenvalue weighted by atomic mass is 32.1. The van der Waals surface area contributed by atoms with Crippen molar-refractivity contribution in [1.29, 1.82) is 0 Å². The van der Waals surface area contributed by atoms with Crippen LogP contribution in [0.1, 0.15) is 6.42 Å². The maximum Gasteiger partial charge on any atom is 0.180 e. The van der Waals surface area contributed by atoms with E-state index in [9.17, 15) is 0 Å². The van der Waals surface area contributed by atoms with Crippen LogP contribution in [0.3, 0.4) is 0 Å². The van der Waals surface area contributed by atoms with Crippen molar-refractivity contribution in [1.82, 2.24) is 14.5 Å². The van der Waals surface area contributed by atoms with Gasteiger partial charge in [-0.15, -0.1) is 0 Å². The zero-order chi connectivity index (χ0) is 11.1. The third kappa shape index (κ3) is 3.57. The van der Waals surface area contributed by atoms with Gasteiger partial charge >= 0.3 is 0 Å². The molecule has 0 spiro atoms. The van der Waals surface area contributed by atoms with Crippen LogP contribution in [-0.2, 0) is 0 Å². The van der Waals surface area contributed by atoms with E-state index in [1.54, 1.807) is 23.3 Å². The lowest BCUT2D eigenvalue weighted by Crippen LogP contribution is -2.31. The van der Waals surface area contributed by atoms with Gasteiger partial charge in [-0.3, -0.25) is 4.57 Å². The average Bonchev–Trinajstić information content (AvgIpc) is 2.76. The first-order chi connectivity index (χ1) is 7.25. The number of hydrogen-bond acceptors (Lipinski definition) is 3. The Hall–Kier alpha value is -1.59. The minimum absolute atomic E-state index is 0.493. The van der Waals surface area contributed by atoms with E-state index in [0.29, 0.717) is 11.7 Å². The monoisotopic (exact) mass is 224 g/mol. The van der Waals surface area contributed by atoms with Crippen molar-refractivity contribution in [2.24, 2.45) is 5.11 Å². The van der Waals surface area contributed by atoms with Crippen molar-refractivity contribution in [3.05, 3.63) is 29.2 Å². The molecule has 0 saturated carbocycles. The Kier molecular flexibility index (Phi) is 4.59. The number of imidazole rings is 1. The van der Waals surface area contributed by atoms with Gasteiger partial charge in [-0.2, -0.15) is 0 Å². The third-order valence-corrected chi connectivity index (χ3v) is 2.39. The van der Waals surface area contributed by atoms with Crippen LogP contribution < -0.4 is 0 Å². The number of azide groups is 1. The van der Waals surface area contributed by atoms with Crippen LogP contribution >= 0.6 is 12.2 Å². The van der Waals surface area contributed by atoms with Crippen LogP contribution in [0.5, 0.6) is 0 Å². The summed E-state index contributed by atoms with van der Waals surface area (Å²) in [6.07, 6.45) is 5.92. The van der Waals surface area contributed by atoms with E-state index in [1.165, 1.54) is 0 Å². The molecular formula is C8H12N6S. The number of thiocarbonyl (C=S) groups is 1. The molecule has 0 amide bonds. The van der Waals surface area contributed by atoms with Crippen LogP contribution in [0.15, 0.2) is 23.8 Å². The molecule has 0 atom stereocenters. The second kappa shape index (κ2) is 6.00. The van der Waals surface area contributed by atoms with Crippen LogP contribution in [-0.4, -0.2) is 39.7 Å². The summed E-state index contributed by atoms with van der Waals surface area (Å²) < 4.78 is 1.77. The zero-order valence-corrected chi connectivity index (χ0v) is 9.26. The largest absolute Gasteiger partial charge is 0.352 e. The fourth-order valence-electron chi connectivity index (χ4n) is 1.09. The van der Waals surface area contributed by atoms with E-state index < -0.39 is 0 Å². The van der Waals surface area contributed by atoms with Gasteiger partial charge in [0.05, 0.1) is 0 Å². The lowest BCUT2D eigenvalue weighted by atomic mass is 10.4. The summed E-state index contributed by atoms with van der Waals surface area (Å²) in [7, 11) is 1.90. The van der Waals surface area contributed by atoms with Gasteiger partial charge in [-0.1, -0.05) is 5.11 Å². The summed E-state index contributed by atoms with van der Waals surface area (Å²) in [5.74, 6) is 0. The van der Waals surface area contributed by atoms with Gasteiger partial charge in [-0.05, 0) is 24.2 Å². The van der Waals surface area contributed by atoms with Crippen molar-refractivity contribution < 1.29 is 0 Å². The molecule has 1 aromatic rings. The molecule has 7 heteroatoms. The fraction of sp³-hybridized carbons (Fsp3) is 0.500. The molecule has 0 unspecified atom stereocenters. The second-order valence-corrected chi connectivity index (χ2v) is 3.35. The minimum atomic E-state index is 0.493. The van der Waals surface area contributed by atoms with Gasteiger partial charge < -0.3 is 4.90 Å². The summed E-state index contributed by atoms with van der Waals surface area (Å²) in [5.41, 5.74) is 8.10. The van der Waals surface area contributed by atoms with E-state index in [2.05, 4.69) is 15.0 Å². The first-order valence-corrected chi connectivity index (χ1v) is 4.91. The maximum atomic E-state index is 8.10. The minimum Gasteiger partial charge on any atom is -0.352 e. The molecule has 0 saturated heterocycles. The molecule has 15 heavy (non-hydrogen) atoms. The Morgan fingerprint density at radius 2 is 2.53 bits per heavy atom. The molecular weight excluding hydrogens is 212 g/mol. The van der Waals surface area contributed by atoms with Gasteiger partial charge in [0, 0.05) is 37.4 Å². The molecule has 0 aliphatic rings. The molecule has 0 N–H and O–H groups in total. The Morgan fingerprint density at radius 3 is 3.13 bits per heavy atom. The van der Waals surface area contributed by atoms with Gasteiger partial charge in [0.2, 0.25) is 0 Å². The van der Waals surface area contributed by atoms with Gasteiger partial charge in [-0.25, -0.2) is 4.98 Å². The average molecular weight is 224 g/mol. The summed E-state index contributed by atoms with van der Waals surface area (Å²) >= 11 is 5.22. The molecule has 0 bridgehead atoms. The predicted octanol–water partition coefficient (Wildman–Crippen LogP) is 1.65.